The van der Waals surface area contributed by atoms with Gasteiger partial charge in [-0.05, 0) is 78.3 Å². The highest BCUT2D eigenvalue weighted by atomic mass is 35.5. The third-order valence-electron chi connectivity index (χ3n) is 8.68. The van der Waals surface area contributed by atoms with E-state index in [1.165, 1.54) is 48.5 Å². The van der Waals surface area contributed by atoms with Crippen LogP contribution in [0.15, 0.2) is 108 Å². The van der Waals surface area contributed by atoms with Gasteiger partial charge in [-0.15, -0.1) is 15.3 Å². The first-order chi connectivity index (χ1) is 30.5. The number of nitrogens with one attached hydrogen (secondary N) is 2. The van der Waals surface area contributed by atoms with Crippen LogP contribution in [0.3, 0.4) is 0 Å². The Balaban J connectivity index is 1.24. The smallest absolute Gasteiger partial charge is 0.396 e. The van der Waals surface area contributed by atoms with Gasteiger partial charge >= 0.3 is 10.4 Å². The number of sulfone groups is 1. The second kappa shape index (κ2) is 19.4. The van der Waals surface area contributed by atoms with Crippen molar-refractivity contribution >= 4 is 115 Å². The van der Waals surface area contributed by atoms with Gasteiger partial charge in [0.05, 0.1) is 47.5 Å². The van der Waals surface area contributed by atoms with E-state index >= 15 is 0 Å². The van der Waals surface area contributed by atoms with Crippen molar-refractivity contribution in [1.82, 2.24) is 15.0 Å². The van der Waals surface area contributed by atoms with E-state index in [4.69, 9.17) is 32.4 Å². The summed E-state index contributed by atoms with van der Waals surface area (Å²) in [5.41, 5.74) is 9.93. The highest BCUT2D eigenvalue weighted by Gasteiger charge is 2.24. The molecule has 1 aromatic heterocycles. The lowest BCUT2D eigenvalue weighted by molar-refractivity contribution is 0.102. The average molecular weight is 997 g/mol. The Morgan fingerprint density at radius 1 is 0.769 bits per heavy atom. The van der Waals surface area contributed by atoms with Crippen LogP contribution >= 0.6 is 11.6 Å². The fraction of sp³-hybridized carbons (Fsp3) is 0.176. The average Bonchev–Trinajstić information content (AvgIpc) is 3.22. The first-order valence-corrected chi connectivity index (χ1v) is 24.3. The Morgan fingerprint density at radius 3 is 2.11 bits per heavy atom. The third kappa shape index (κ3) is 12.7. The Hall–Kier alpha value is -6.35. The monoisotopic (exact) mass is 996 g/mol. The minimum absolute atomic E-state index is 0.0484. The molecule has 1 aliphatic heterocycles. The molecule has 2 heterocycles. The molecule has 1 aliphatic rings. The van der Waals surface area contributed by atoms with Gasteiger partial charge in [0.15, 0.2) is 9.84 Å². The van der Waals surface area contributed by atoms with E-state index in [-0.39, 0.29) is 44.7 Å². The van der Waals surface area contributed by atoms with Gasteiger partial charge in [0.2, 0.25) is 17.2 Å². The second-order valence-corrected chi connectivity index (χ2v) is 19.5. The summed E-state index contributed by atoms with van der Waals surface area (Å²) in [7, 11) is -19.0. The molecule has 0 bridgehead atoms. The van der Waals surface area contributed by atoms with E-state index in [0.29, 0.717) is 26.3 Å². The van der Waals surface area contributed by atoms with E-state index < -0.39 is 97.0 Å². The van der Waals surface area contributed by atoms with Crippen LogP contribution in [0.25, 0.3) is 0 Å². The zero-order valence-corrected chi connectivity index (χ0v) is 36.8. The van der Waals surface area contributed by atoms with E-state index in [1.807, 2.05) is 0 Å². The number of nitrogen functional groups attached to an aromatic ring is 2. The van der Waals surface area contributed by atoms with Gasteiger partial charge < -0.3 is 31.7 Å². The molecule has 0 saturated carbocycles. The van der Waals surface area contributed by atoms with Crippen LogP contribution < -0.4 is 27.0 Å². The summed E-state index contributed by atoms with van der Waals surface area (Å²) >= 11 is 6.14. The van der Waals surface area contributed by atoms with Crippen LogP contribution in [0.4, 0.5) is 57.4 Å². The molecule has 6 rings (SSSR count). The predicted octanol–water partition coefficient (Wildman–Crippen LogP) is 4.44. The van der Waals surface area contributed by atoms with Gasteiger partial charge in [-0.1, -0.05) is 6.07 Å². The molecule has 0 radical (unpaired) electrons. The van der Waals surface area contributed by atoms with Crippen LogP contribution in [0, 0.1) is 0 Å². The third-order valence-corrected chi connectivity index (χ3v) is 12.8. The summed E-state index contributed by atoms with van der Waals surface area (Å²) in [6.45, 7) is 0.947. The maximum absolute atomic E-state index is 13.0. The van der Waals surface area contributed by atoms with Gasteiger partial charge in [-0.2, -0.15) is 45.3 Å². The Bertz CT molecular complexity index is 3180. The summed E-state index contributed by atoms with van der Waals surface area (Å²) in [5.74, 6) is -1.31. The number of rotatable bonds is 16. The highest BCUT2D eigenvalue weighted by Crippen LogP contribution is 2.43. The van der Waals surface area contributed by atoms with Crippen molar-refractivity contribution in [2.24, 2.45) is 20.5 Å². The maximum Gasteiger partial charge on any atom is 0.397 e. The second-order valence-electron chi connectivity index (χ2n) is 13.2. The molecule has 4 aromatic carbocycles. The maximum atomic E-state index is 13.0. The largest absolute Gasteiger partial charge is 0.397 e. The number of nitrogens with two attached hydrogens (primary N) is 2. The number of ether oxygens (including phenoxy) is 1. The van der Waals surface area contributed by atoms with Gasteiger partial charge in [0.25, 0.3) is 26.1 Å². The number of carbonyl (C=O) groups excluding carboxylic acids is 1. The number of aromatic nitrogens is 3. The number of benzene rings is 4. The van der Waals surface area contributed by atoms with E-state index in [9.17, 15) is 47.6 Å². The van der Waals surface area contributed by atoms with Crippen LogP contribution in [-0.2, 0) is 49.4 Å². The molecule has 1 fully saturated rings. The molecule has 0 aliphatic carbocycles. The predicted molar refractivity (Wildman–Crippen MR) is 231 cm³/mol. The quantitative estimate of drug-likeness (QED) is 0.0408. The zero-order valence-electron chi connectivity index (χ0n) is 32.7. The van der Waals surface area contributed by atoms with Gasteiger partial charge in [-0.25, -0.2) is 12.6 Å². The molecule has 0 atom stereocenters. The van der Waals surface area contributed by atoms with Crippen molar-refractivity contribution < 1.29 is 61.0 Å². The molecule has 31 heteroatoms. The molecule has 26 nitrogen and oxygen atoms in total. The number of anilines is 6. The number of azo groups is 2. The molecule has 344 valence electrons. The van der Waals surface area contributed by atoms with Gasteiger partial charge in [0, 0.05) is 30.0 Å². The van der Waals surface area contributed by atoms with Crippen molar-refractivity contribution in [2.45, 2.75) is 14.7 Å². The van der Waals surface area contributed by atoms with Crippen molar-refractivity contribution in [3.05, 3.63) is 83.6 Å². The molecule has 65 heavy (non-hydrogen) atoms. The van der Waals surface area contributed by atoms with Crippen LogP contribution in [0.5, 0.6) is 0 Å². The Kier molecular flexibility index (Phi) is 14.4. The fourth-order valence-corrected chi connectivity index (χ4v) is 8.55. The van der Waals surface area contributed by atoms with Gasteiger partial charge in [-0.3, -0.25) is 18.5 Å². The molecule has 9 N–H and O–H groups in total. The van der Waals surface area contributed by atoms with Crippen LogP contribution in [0.1, 0.15) is 10.4 Å². The van der Waals surface area contributed by atoms with Crippen molar-refractivity contribution in [3.8, 4) is 0 Å². The number of morpholine rings is 1. The molecular weight excluding hydrogens is 964 g/mol. The lowest BCUT2D eigenvalue weighted by atomic mass is 10.2. The summed E-state index contributed by atoms with van der Waals surface area (Å²) < 4.78 is 134. The number of amides is 1. The Morgan fingerprint density at radius 2 is 1.45 bits per heavy atom. The summed E-state index contributed by atoms with van der Waals surface area (Å²) in [5, 5.41) is 20.9. The summed E-state index contributed by atoms with van der Waals surface area (Å²) in [4.78, 5) is 25.4. The number of halogens is 1. The first kappa shape index (κ1) is 48.1. The summed E-state index contributed by atoms with van der Waals surface area (Å²) in [6, 6.07) is 14.3. The molecule has 1 amide bonds. The van der Waals surface area contributed by atoms with Crippen molar-refractivity contribution in [1.29, 1.82) is 0 Å². The van der Waals surface area contributed by atoms with Crippen molar-refractivity contribution in [2.75, 3.05) is 65.7 Å². The van der Waals surface area contributed by atoms with Crippen molar-refractivity contribution in [3.63, 3.8) is 0 Å². The highest BCUT2D eigenvalue weighted by molar-refractivity contribution is 7.91. The molecular formula is C34H33ClN12O14S4. The number of hydrogen-bond acceptors (Lipinski definition) is 22. The number of nitrogens with zero attached hydrogens (tertiary/aromatic N) is 8. The van der Waals surface area contributed by atoms with E-state index in [1.54, 1.807) is 4.90 Å². The number of carbonyl (C=O) groups is 1. The Labute approximate surface area is 374 Å². The molecule has 0 spiro atoms. The molecule has 5 aromatic rings. The fourth-order valence-electron chi connectivity index (χ4n) is 5.62. The zero-order chi connectivity index (χ0) is 47.3. The van der Waals surface area contributed by atoms with E-state index in [0.717, 1.165) is 24.3 Å². The van der Waals surface area contributed by atoms with Crippen LogP contribution in [-0.4, -0.2) is 107 Å². The lowest BCUT2D eigenvalue weighted by Gasteiger charge is -2.26. The van der Waals surface area contributed by atoms with Gasteiger partial charge in [0.1, 0.15) is 26.9 Å². The first-order valence-electron chi connectivity index (χ1n) is 18.0. The standard InChI is InChI=1S/C34H33ClN12O14S4/c35-32-40-33(42-34(41-32)47-10-12-60-13-11-47)39-22-8-9-26(63(51,52)53)24(17-22)44-45-25-18-27(64(54,55)56)29(37)30(28(25)36)46-43-20-6-4-19(5-7-20)31(48)38-21-2-1-3-23(16-21)62(49,50)15-14-61-65(57,58)59/h1-9,16-18H,10-15,36-37H2,(H,38,48)(H,51,52,53)(H,54,55,56)(H,57,58,59)(H,39,40,41,42). The SMILES string of the molecule is Nc1c(N=Nc2cc(Nc3nc(Cl)nc(N4CCOCC4)n3)ccc2S(=O)(=O)O)cc(S(=O)(=O)O)c(N)c1N=Nc1ccc(C(=O)Nc2cccc(S(=O)(=O)CCOS(=O)(=O)O)c2)cc1. The molecule has 0 unspecified atom stereocenters. The summed E-state index contributed by atoms with van der Waals surface area (Å²) in [6.07, 6.45) is 0. The minimum Gasteiger partial charge on any atom is -0.396 e. The molecule has 1 saturated heterocycles. The lowest BCUT2D eigenvalue weighted by Crippen LogP contribution is -2.37. The number of hydrogen-bond donors (Lipinski definition) is 7. The topological polar surface area (TPSA) is 400 Å². The van der Waals surface area contributed by atoms with Crippen LogP contribution in [0.2, 0.25) is 5.28 Å². The normalized spacial score (nSPS) is 13.9. The van der Waals surface area contributed by atoms with E-state index in [2.05, 4.69) is 50.2 Å². The minimum atomic E-state index is -5.10.